The first kappa shape index (κ1) is 14.0. The molecule has 2 rings (SSSR count). The summed E-state index contributed by atoms with van der Waals surface area (Å²) in [6, 6.07) is 1.89. The highest BCUT2D eigenvalue weighted by Crippen LogP contribution is 2.42. The topological polar surface area (TPSA) is 64.3 Å². The van der Waals surface area contributed by atoms with Crippen LogP contribution in [0.5, 0.6) is 0 Å². The van der Waals surface area contributed by atoms with Crippen LogP contribution in [0, 0.1) is 13.8 Å². The van der Waals surface area contributed by atoms with Crippen LogP contribution in [0.4, 0.5) is 5.69 Å². The molecule has 1 aliphatic heterocycles. The number of nitrogens with one attached hydrogen (secondary N) is 1. The average molecular weight is 262 g/mol. The lowest BCUT2D eigenvalue weighted by molar-refractivity contribution is -0.119. The van der Waals surface area contributed by atoms with E-state index in [0.717, 1.165) is 27.9 Å². The third kappa shape index (κ3) is 2.05. The van der Waals surface area contributed by atoms with E-state index in [1.165, 1.54) is 0 Å². The second-order valence-electron chi connectivity index (χ2n) is 5.78. The molecule has 0 spiro atoms. The maximum atomic E-state index is 12.1. The molecule has 1 aromatic carbocycles. The molecule has 19 heavy (non-hydrogen) atoms. The second kappa shape index (κ2) is 4.62. The number of carbonyl (C=O) groups is 1. The van der Waals surface area contributed by atoms with Gasteiger partial charge >= 0.3 is 0 Å². The summed E-state index contributed by atoms with van der Waals surface area (Å²) >= 11 is 0. The largest absolute Gasteiger partial charge is 0.383 e. The van der Waals surface area contributed by atoms with Crippen LogP contribution >= 0.6 is 0 Å². The van der Waals surface area contributed by atoms with Gasteiger partial charge in [-0.2, -0.15) is 0 Å². The summed E-state index contributed by atoms with van der Waals surface area (Å²) < 4.78 is 5.14. The van der Waals surface area contributed by atoms with Crippen LogP contribution in [0.25, 0.3) is 0 Å². The number of carbonyl (C=O) groups excluding carboxylic acids is 1. The quantitative estimate of drug-likeness (QED) is 0.877. The molecule has 1 aliphatic rings. The molecule has 1 aromatic rings. The first-order valence-electron chi connectivity index (χ1n) is 6.51. The number of rotatable bonds is 3. The molecule has 4 heteroatoms. The summed E-state index contributed by atoms with van der Waals surface area (Å²) in [6.07, 6.45) is 0. The Morgan fingerprint density at radius 1 is 1.37 bits per heavy atom. The Hall–Kier alpha value is -1.39. The van der Waals surface area contributed by atoms with Gasteiger partial charge < -0.3 is 15.8 Å². The van der Waals surface area contributed by atoms with E-state index in [0.29, 0.717) is 6.61 Å². The van der Waals surface area contributed by atoms with E-state index in [1.807, 2.05) is 27.7 Å². The number of amides is 1. The third-order valence-electron chi connectivity index (χ3n) is 4.16. The molecular formula is C15H22N2O2. The van der Waals surface area contributed by atoms with Gasteiger partial charge in [0, 0.05) is 12.8 Å². The number of nitrogens with two attached hydrogens (primary N) is 1. The number of fused-ring (bicyclic) bond motifs is 1. The number of ether oxygens (including phenoxy) is 1. The lowest BCUT2D eigenvalue weighted by atomic mass is 9.82. The van der Waals surface area contributed by atoms with Gasteiger partial charge in [0.2, 0.25) is 5.91 Å². The predicted octanol–water partition coefficient (Wildman–Crippen LogP) is 2.18. The van der Waals surface area contributed by atoms with Crippen LogP contribution < -0.4 is 11.1 Å². The second-order valence-corrected chi connectivity index (χ2v) is 5.78. The standard InChI is InChI=1S/C15H22N2O2/c1-8-9(2)13-11(15(3,4)14(18)17-13)6-10(8)12(16)7-19-5/h6,12H,7,16H2,1-5H3,(H,17,18). The Balaban J connectivity index is 2.60. The van der Waals surface area contributed by atoms with E-state index in [9.17, 15) is 4.79 Å². The molecule has 1 heterocycles. The molecule has 0 saturated carbocycles. The van der Waals surface area contributed by atoms with Gasteiger partial charge in [0.05, 0.1) is 18.1 Å². The Labute approximate surface area is 114 Å². The smallest absolute Gasteiger partial charge is 0.234 e. The first-order chi connectivity index (χ1) is 8.80. The molecule has 1 amide bonds. The summed E-state index contributed by atoms with van der Waals surface area (Å²) in [5.74, 6) is 0.0439. The molecule has 3 N–H and O–H groups in total. The van der Waals surface area contributed by atoms with Crippen molar-refractivity contribution >= 4 is 11.6 Å². The summed E-state index contributed by atoms with van der Waals surface area (Å²) in [6.45, 7) is 8.42. The van der Waals surface area contributed by atoms with Gasteiger partial charge in [0.15, 0.2) is 0 Å². The maximum Gasteiger partial charge on any atom is 0.234 e. The van der Waals surface area contributed by atoms with Crippen LogP contribution in [0.3, 0.4) is 0 Å². The lowest BCUT2D eigenvalue weighted by Gasteiger charge is -2.21. The maximum absolute atomic E-state index is 12.1. The SMILES string of the molecule is COCC(N)c1cc2c(c(C)c1C)NC(=O)C2(C)C. The van der Waals surface area contributed by atoms with E-state index < -0.39 is 5.41 Å². The fourth-order valence-electron chi connectivity index (χ4n) is 2.64. The van der Waals surface area contributed by atoms with Crippen molar-refractivity contribution < 1.29 is 9.53 Å². The van der Waals surface area contributed by atoms with Gasteiger partial charge in [-0.15, -0.1) is 0 Å². The molecule has 0 saturated heterocycles. The highest BCUT2D eigenvalue weighted by atomic mass is 16.5. The number of methoxy groups -OCH3 is 1. The van der Waals surface area contributed by atoms with Gasteiger partial charge in [-0.05, 0) is 49.9 Å². The molecule has 4 nitrogen and oxygen atoms in total. The van der Waals surface area contributed by atoms with Crippen molar-refractivity contribution in [3.05, 3.63) is 28.3 Å². The zero-order valence-corrected chi connectivity index (χ0v) is 12.3. The average Bonchev–Trinajstić information content (AvgIpc) is 2.56. The van der Waals surface area contributed by atoms with Crippen molar-refractivity contribution in [2.24, 2.45) is 5.73 Å². The Bertz CT molecular complexity index is 535. The van der Waals surface area contributed by atoms with Crippen LogP contribution in [0.2, 0.25) is 0 Å². The van der Waals surface area contributed by atoms with E-state index in [4.69, 9.17) is 10.5 Å². The summed E-state index contributed by atoms with van der Waals surface area (Å²) in [5, 5.41) is 2.98. The number of benzene rings is 1. The van der Waals surface area contributed by atoms with Crippen molar-refractivity contribution in [3.8, 4) is 0 Å². The number of hydrogen-bond donors (Lipinski definition) is 2. The zero-order valence-electron chi connectivity index (χ0n) is 12.3. The number of hydrogen-bond acceptors (Lipinski definition) is 3. The van der Waals surface area contributed by atoms with E-state index in [-0.39, 0.29) is 11.9 Å². The minimum Gasteiger partial charge on any atom is -0.383 e. The molecule has 0 radical (unpaired) electrons. The summed E-state index contributed by atoms with van der Waals surface area (Å²) in [5.41, 5.74) is 10.9. The minimum atomic E-state index is -0.505. The van der Waals surface area contributed by atoms with Gasteiger partial charge in [-0.25, -0.2) is 0 Å². The lowest BCUT2D eigenvalue weighted by Crippen LogP contribution is -2.27. The first-order valence-corrected chi connectivity index (χ1v) is 6.51. The Morgan fingerprint density at radius 2 is 2.00 bits per heavy atom. The van der Waals surface area contributed by atoms with Crippen LogP contribution in [-0.4, -0.2) is 19.6 Å². The normalized spacial score (nSPS) is 18.1. The van der Waals surface area contributed by atoms with Crippen molar-refractivity contribution in [2.75, 3.05) is 19.0 Å². The van der Waals surface area contributed by atoms with Crippen molar-refractivity contribution in [1.29, 1.82) is 0 Å². The van der Waals surface area contributed by atoms with E-state index >= 15 is 0 Å². The van der Waals surface area contributed by atoms with Crippen molar-refractivity contribution in [2.45, 2.75) is 39.2 Å². The minimum absolute atomic E-state index is 0.0439. The third-order valence-corrected chi connectivity index (χ3v) is 4.16. The molecule has 1 unspecified atom stereocenters. The molecular weight excluding hydrogens is 240 g/mol. The zero-order chi connectivity index (χ0) is 14.4. The van der Waals surface area contributed by atoms with Crippen molar-refractivity contribution in [1.82, 2.24) is 0 Å². The fourth-order valence-corrected chi connectivity index (χ4v) is 2.64. The van der Waals surface area contributed by atoms with E-state index in [2.05, 4.69) is 11.4 Å². The summed E-state index contributed by atoms with van der Waals surface area (Å²) in [7, 11) is 1.64. The van der Waals surface area contributed by atoms with Gasteiger partial charge in [0.25, 0.3) is 0 Å². The highest BCUT2D eigenvalue weighted by Gasteiger charge is 2.40. The monoisotopic (exact) mass is 262 g/mol. The predicted molar refractivity (Wildman–Crippen MR) is 76.4 cm³/mol. The van der Waals surface area contributed by atoms with E-state index in [1.54, 1.807) is 7.11 Å². The Kier molecular flexibility index (Phi) is 3.41. The van der Waals surface area contributed by atoms with Gasteiger partial charge in [-0.1, -0.05) is 6.07 Å². The van der Waals surface area contributed by atoms with Crippen molar-refractivity contribution in [3.63, 3.8) is 0 Å². The van der Waals surface area contributed by atoms with Gasteiger partial charge in [0.1, 0.15) is 0 Å². The Morgan fingerprint density at radius 3 is 2.58 bits per heavy atom. The molecule has 0 fully saturated rings. The number of anilines is 1. The molecule has 0 bridgehead atoms. The molecule has 104 valence electrons. The summed E-state index contributed by atoms with van der Waals surface area (Å²) in [4.78, 5) is 12.1. The van der Waals surface area contributed by atoms with Crippen LogP contribution in [0.1, 0.15) is 42.1 Å². The van der Waals surface area contributed by atoms with Crippen LogP contribution in [0.15, 0.2) is 6.07 Å². The molecule has 0 aliphatic carbocycles. The molecule has 1 atom stereocenters. The van der Waals surface area contributed by atoms with Crippen LogP contribution in [-0.2, 0) is 14.9 Å². The fraction of sp³-hybridized carbons (Fsp3) is 0.533. The van der Waals surface area contributed by atoms with Gasteiger partial charge in [-0.3, -0.25) is 4.79 Å². The highest BCUT2D eigenvalue weighted by molar-refractivity contribution is 6.06. The molecule has 0 aromatic heterocycles.